The van der Waals surface area contributed by atoms with Gasteiger partial charge in [0.05, 0.1) is 14.2 Å². The van der Waals surface area contributed by atoms with Crippen LogP contribution in [-0.4, -0.2) is 50.0 Å². The maximum absolute atomic E-state index is 12.3. The first kappa shape index (κ1) is 19.9. The Hall–Kier alpha value is -2.83. The van der Waals surface area contributed by atoms with Crippen molar-refractivity contribution in [3.63, 3.8) is 0 Å². The van der Waals surface area contributed by atoms with E-state index in [4.69, 9.17) is 9.47 Å². The van der Waals surface area contributed by atoms with Crippen molar-refractivity contribution >= 4 is 11.7 Å². The highest BCUT2D eigenvalue weighted by Crippen LogP contribution is 2.27. The van der Waals surface area contributed by atoms with Crippen molar-refractivity contribution in [3.8, 4) is 11.5 Å². The third-order valence-electron chi connectivity index (χ3n) is 5.01. The zero-order valence-electron chi connectivity index (χ0n) is 16.8. The van der Waals surface area contributed by atoms with Gasteiger partial charge in [-0.15, -0.1) is 10.2 Å². The van der Waals surface area contributed by atoms with E-state index in [0.29, 0.717) is 36.1 Å². The number of rotatable bonds is 7. The van der Waals surface area contributed by atoms with E-state index in [2.05, 4.69) is 27.3 Å². The van der Waals surface area contributed by atoms with Crippen molar-refractivity contribution in [3.05, 3.63) is 41.6 Å². The molecule has 1 atom stereocenters. The predicted octanol–water partition coefficient (Wildman–Crippen LogP) is 2.70. The molecule has 0 saturated carbocycles. The minimum atomic E-state index is -0.216. The summed E-state index contributed by atoms with van der Waals surface area (Å²) >= 11 is 0. The molecule has 1 amide bonds. The largest absolute Gasteiger partial charge is 0.493 e. The number of methoxy groups -OCH3 is 2. The Kier molecular flexibility index (Phi) is 6.68. The van der Waals surface area contributed by atoms with Crippen LogP contribution in [0, 0.1) is 5.92 Å². The Bertz CT molecular complexity index is 795. The molecule has 1 saturated heterocycles. The average Bonchev–Trinajstić information content (AvgIpc) is 2.73. The van der Waals surface area contributed by atoms with Gasteiger partial charge in [0.2, 0.25) is 0 Å². The molecule has 0 spiro atoms. The van der Waals surface area contributed by atoms with E-state index in [1.165, 1.54) is 12.8 Å². The molecule has 7 nitrogen and oxygen atoms in total. The van der Waals surface area contributed by atoms with Crippen molar-refractivity contribution in [1.29, 1.82) is 0 Å². The molecule has 150 valence electrons. The lowest BCUT2D eigenvalue weighted by molar-refractivity contribution is 0.0948. The van der Waals surface area contributed by atoms with Crippen molar-refractivity contribution in [2.45, 2.75) is 26.2 Å². The van der Waals surface area contributed by atoms with E-state index in [0.717, 1.165) is 24.5 Å². The molecule has 1 aromatic carbocycles. The van der Waals surface area contributed by atoms with E-state index in [1.54, 1.807) is 20.3 Å². The first-order chi connectivity index (χ1) is 13.6. The van der Waals surface area contributed by atoms with Gasteiger partial charge in [0.1, 0.15) is 0 Å². The quantitative estimate of drug-likeness (QED) is 0.791. The van der Waals surface area contributed by atoms with Gasteiger partial charge in [0.25, 0.3) is 5.91 Å². The molecule has 2 aromatic rings. The number of nitrogens with zero attached hydrogens (tertiary/aromatic N) is 3. The maximum atomic E-state index is 12.3. The molecule has 1 unspecified atom stereocenters. The van der Waals surface area contributed by atoms with E-state index >= 15 is 0 Å². The highest BCUT2D eigenvalue weighted by Gasteiger charge is 2.18. The standard InChI is InChI=1S/C21H28N4O3/c1-15-5-4-12-25(14-15)20-9-7-17(23-24-20)21(26)22-11-10-16-6-8-18(27-2)19(13-16)28-3/h6-9,13,15H,4-5,10-12,14H2,1-3H3,(H,22,26). The first-order valence-corrected chi connectivity index (χ1v) is 9.68. The molecule has 1 aliphatic heterocycles. The number of piperidine rings is 1. The molecule has 0 bridgehead atoms. The number of aromatic nitrogens is 2. The molecule has 7 heteroatoms. The Morgan fingerprint density at radius 3 is 2.68 bits per heavy atom. The fourth-order valence-electron chi connectivity index (χ4n) is 3.46. The molecule has 1 fully saturated rings. The molecule has 1 aliphatic rings. The van der Waals surface area contributed by atoms with Gasteiger partial charge in [-0.25, -0.2) is 0 Å². The molecule has 3 rings (SSSR count). The topological polar surface area (TPSA) is 76.6 Å². The minimum Gasteiger partial charge on any atom is -0.493 e. The van der Waals surface area contributed by atoms with Crippen LogP contribution in [0.5, 0.6) is 11.5 Å². The van der Waals surface area contributed by atoms with Crippen molar-refractivity contribution < 1.29 is 14.3 Å². The third kappa shape index (κ3) is 4.91. The fourth-order valence-corrected chi connectivity index (χ4v) is 3.46. The Morgan fingerprint density at radius 2 is 2.00 bits per heavy atom. The number of hydrogen-bond acceptors (Lipinski definition) is 6. The summed E-state index contributed by atoms with van der Waals surface area (Å²) in [4.78, 5) is 14.6. The summed E-state index contributed by atoms with van der Waals surface area (Å²) in [6.07, 6.45) is 3.11. The minimum absolute atomic E-state index is 0.216. The highest BCUT2D eigenvalue weighted by atomic mass is 16.5. The fraction of sp³-hybridized carbons (Fsp3) is 0.476. The van der Waals surface area contributed by atoms with Gasteiger partial charge in [-0.1, -0.05) is 13.0 Å². The smallest absolute Gasteiger partial charge is 0.271 e. The lowest BCUT2D eigenvalue weighted by Gasteiger charge is -2.31. The number of benzene rings is 1. The van der Waals surface area contributed by atoms with Crippen LogP contribution >= 0.6 is 0 Å². The zero-order valence-corrected chi connectivity index (χ0v) is 16.8. The summed E-state index contributed by atoms with van der Waals surface area (Å²) < 4.78 is 10.5. The van der Waals surface area contributed by atoms with Gasteiger partial charge in [0.15, 0.2) is 23.0 Å². The molecular weight excluding hydrogens is 356 g/mol. The summed E-state index contributed by atoms with van der Waals surface area (Å²) in [6.45, 7) is 4.74. The van der Waals surface area contributed by atoms with Crippen LogP contribution < -0.4 is 19.7 Å². The van der Waals surface area contributed by atoms with E-state index in [-0.39, 0.29) is 5.91 Å². The summed E-state index contributed by atoms with van der Waals surface area (Å²) in [5.74, 6) is 2.66. The molecule has 2 heterocycles. The number of amides is 1. The average molecular weight is 384 g/mol. The normalized spacial score (nSPS) is 16.5. The first-order valence-electron chi connectivity index (χ1n) is 9.68. The van der Waals surface area contributed by atoms with Crippen LogP contribution in [0.3, 0.4) is 0 Å². The van der Waals surface area contributed by atoms with Gasteiger partial charge < -0.3 is 19.7 Å². The van der Waals surface area contributed by atoms with Gasteiger partial charge >= 0.3 is 0 Å². The molecule has 1 N–H and O–H groups in total. The van der Waals surface area contributed by atoms with Crippen LogP contribution in [0.1, 0.15) is 35.8 Å². The summed E-state index contributed by atoms with van der Waals surface area (Å²) in [5.41, 5.74) is 1.39. The van der Waals surface area contributed by atoms with Gasteiger partial charge in [-0.3, -0.25) is 4.79 Å². The van der Waals surface area contributed by atoms with Crippen LogP contribution in [0.15, 0.2) is 30.3 Å². The summed E-state index contributed by atoms with van der Waals surface area (Å²) in [6, 6.07) is 9.37. The Labute approximate surface area is 166 Å². The summed E-state index contributed by atoms with van der Waals surface area (Å²) in [5, 5.41) is 11.3. The SMILES string of the molecule is COc1ccc(CCNC(=O)c2ccc(N3CCCC(C)C3)nn2)cc1OC. The molecule has 0 aliphatic carbocycles. The second kappa shape index (κ2) is 9.39. The monoisotopic (exact) mass is 384 g/mol. The van der Waals surface area contributed by atoms with Crippen molar-refractivity contribution in [2.75, 3.05) is 38.8 Å². The molecule has 28 heavy (non-hydrogen) atoms. The summed E-state index contributed by atoms with van der Waals surface area (Å²) in [7, 11) is 3.21. The third-order valence-corrected chi connectivity index (χ3v) is 5.01. The number of anilines is 1. The van der Waals surface area contributed by atoms with Crippen LogP contribution in [-0.2, 0) is 6.42 Å². The number of carbonyl (C=O) groups excluding carboxylic acids is 1. The second-order valence-electron chi connectivity index (χ2n) is 7.17. The number of carbonyl (C=O) groups is 1. The van der Waals surface area contributed by atoms with E-state index < -0.39 is 0 Å². The van der Waals surface area contributed by atoms with Crippen molar-refractivity contribution in [2.24, 2.45) is 5.92 Å². The number of nitrogens with one attached hydrogen (secondary N) is 1. The van der Waals surface area contributed by atoms with E-state index in [9.17, 15) is 4.79 Å². The van der Waals surface area contributed by atoms with Crippen LogP contribution in [0.4, 0.5) is 5.82 Å². The predicted molar refractivity (Wildman–Crippen MR) is 108 cm³/mol. The molecule has 0 radical (unpaired) electrons. The lowest BCUT2D eigenvalue weighted by Crippen LogP contribution is -2.35. The molecular formula is C21H28N4O3. The Morgan fingerprint density at radius 1 is 1.18 bits per heavy atom. The second-order valence-corrected chi connectivity index (χ2v) is 7.17. The zero-order chi connectivity index (χ0) is 19.9. The highest BCUT2D eigenvalue weighted by molar-refractivity contribution is 5.92. The van der Waals surface area contributed by atoms with Crippen molar-refractivity contribution in [1.82, 2.24) is 15.5 Å². The van der Waals surface area contributed by atoms with Gasteiger partial charge in [-0.2, -0.15) is 0 Å². The van der Waals surface area contributed by atoms with Gasteiger partial charge in [0, 0.05) is 19.6 Å². The Balaban J connectivity index is 1.52. The maximum Gasteiger partial charge on any atom is 0.271 e. The van der Waals surface area contributed by atoms with Gasteiger partial charge in [-0.05, 0) is 55.0 Å². The van der Waals surface area contributed by atoms with E-state index in [1.807, 2.05) is 24.3 Å². The number of hydrogen-bond donors (Lipinski definition) is 1. The number of ether oxygens (including phenoxy) is 2. The lowest BCUT2D eigenvalue weighted by atomic mass is 10.0. The van der Waals surface area contributed by atoms with Crippen LogP contribution in [0.25, 0.3) is 0 Å². The molecule has 1 aromatic heterocycles. The van der Waals surface area contributed by atoms with Crippen LogP contribution in [0.2, 0.25) is 0 Å².